The van der Waals surface area contributed by atoms with Crippen LogP contribution in [0.1, 0.15) is 17.2 Å². The summed E-state index contributed by atoms with van der Waals surface area (Å²) in [5.41, 5.74) is 3.15. The molecule has 1 aliphatic heterocycles. The Kier molecular flexibility index (Phi) is 6.18. The van der Waals surface area contributed by atoms with Crippen molar-refractivity contribution in [1.82, 2.24) is 5.32 Å². The van der Waals surface area contributed by atoms with E-state index < -0.39 is 24.2 Å². The Morgan fingerprint density at radius 3 is 2.30 bits per heavy atom. The monoisotopic (exact) mass is 456 g/mol. The fraction of sp³-hybridized carbons (Fsp3) is 0.240. The van der Waals surface area contributed by atoms with Gasteiger partial charge in [0.1, 0.15) is 11.5 Å². The number of ether oxygens (including phenoxy) is 2. The van der Waals surface area contributed by atoms with Crippen molar-refractivity contribution in [1.29, 1.82) is 0 Å². The van der Waals surface area contributed by atoms with Crippen LogP contribution in [0.5, 0.6) is 11.5 Å². The first-order chi connectivity index (χ1) is 15.8. The van der Waals surface area contributed by atoms with Crippen LogP contribution in [0.15, 0.2) is 72.8 Å². The number of anilines is 2. The molecule has 0 unspecified atom stereocenters. The molecule has 0 bridgehead atoms. The minimum atomic E-state index is -4.99. The molecule has 4 rings (SSSR count). The van der Waals surface area contributed by atoms with Crippen LogP contribution in [0.2, 0.25) is 0 Å². The van der Waals surface area contributed by atoms with Gasteiger partial charge in [0.25, 0.3) is 0 Å². The number of fused-ring (bicyclic) bond motifs is 1. The lowest BCUT2D eigenvalue weighted by molar-refractivity contribution is -0.174. The second-order valence-corrected chi connectivity index (χ2v) is 7.70. The Hall–Kier alpha value is -3.68. The van der Waals surface area contributed by atoms with Gasteiger partial charge in [0.2, 0.25) is 0 Å². The molecule has 1 aliphatic rings. The van der Waals surface area contributed by atoms with Crippen molar-refractivity contribution in [3.8, 4) is 11.5 Å². The number of benzene rings is 3. The van der Waals surface area contributed by atoms with E-state index in [1.165, 1.54) is 7.11 Å². The SMILES string of the molecule is COc1ccc(N2c3ccccc3C[C@H](NC(=O)C(F)(F)F)[C@H]2c2cccc(OC)c2)cc1. The maximum Gasteiger partial charge on any atom is 0.471 e. The smallest absolute Gasteiger partial charge is 0.471 e. The third-order valence-electron chi connectivity index (χ3n) is 5.71. The van der Waals surface area contributed by atoms with Crippen LogP contribution in [0, 0.1) is 0 Å². The first-order valence-corrected chi connectivity index (χ1v) is 10.3. The Balaban J connectivity index is 1.88. The molecular weight excluding hydrogens is 433 g/mol. The molecule has 0 saturated heterocycles. The Morgan fingerprint density at radius 2 is 1.64 bits per heavy atom. The lowest BCUT2D eigenvalue weighted by atomic mass is 9.86. The van der Waals surface area contributed by atoms with E-state index in [2.05, 4.69) is 5.32 Å². The van der Waals surface area contributed by atoms with Gasteiger partial charge in [0.05, 0.1) is 26.3 Å². The average molecular weight is 456 g/mol. The van der Waals surface area contributed by atoms with Crippen LogP contribution >= 0.6 is 0 Å². The molecule has 172 valence electrons. The number of nitrogens with one attached hydrogen (secondary N) is 1. The molecule has 0 fully saturated rings. The van der Waals surface area contributed by atoms with Crippen molar-refractivity contribution in [2.24, 2.45) is 0 Å². The van der Waals surface area contributed by atoms with E-state index in [9.17, 15) is 18.0 Å². The van der Waals surface area contributed by atoms with E-state index in [0.29, 0.717) is 17.1 Å². The zero-order valence-electron chi connectivity index (χ0n) is 18.1. The van der Waals surface area contributed by atoms with Crippen molar-refractivity contribution in [2.75, 3.05) is 19.1 Å². The number of halogens is 3. The first-order valence-electron chi connectivity index (χ1n) is 10.3. The number of carbonyl (C=O) groups is 1. The minimum Gasteiger partial charge on any atom is -0.497 e. The predicted molar refractivity (Wildman–Crippen MR) is 119 cm³/mol. The summed E-state index contributed by atoms with van der Waals surface area (Å²) < 4.78 is 50.2. The molecule has 5 nitrogen and oxygen atoms in total. The van der Waals surface area contributed by atoms with Crippen LogP contribution in [-0.4, -0.2) is 32.3 Å². The maximum atomic E-state index is 13.2. The number of para-hydroxylation sites is 1. The van der Waals surface area contributed by atoms with Gasteiger partial charge in [-0.3, -0.25) is 4.79 Å². The van der Waals surface area contributed by atoms with E-state index in [4.69, 9.17) is 9.47 Å². The number of nitrogens with zero attached hydrogens (tertiary/aromatic N) is 1. The van der Waals surface area contributed by atoms with Crippen LogP contribution in [0.25, 0.3) is 0 Å². The van der Waals surface area contributed by atoms with Crippen molar-refractivity contribution >= 4 is 17.3 Å². The van der Waals surface area contributed by atoms with Crippen LogP contribution < -0.4 is 19.7 Å². The van der Waals surface area contributed by atoms with Gasteiger partial charge in [-0.2, -0.15) is 13.2 Å². The zero-order valence-corrected chi connectivity index (χ0v) is 18.1. The highest BCUT2D eigenvalue weighted by Crippen LogP contribution is 2.44. The molecule has 3 aromatic carbocycles. The summed E-state index contributed by atoms with van der Waals surface area (Å²) in [6.07, 6.45) is -4.74. The summed E-state index contributed by atoms with van der Waals surface area (Å²) in [5.74, 6) is -0.736. The van der Waals surface area contributed by atoms with E-state index in [0.717, 1.165) is 16.9 Å². The van der Waals surface area contributed by atoms with Gasteiger partial charge in [-0.25, -0.2) is 0 Å². The molecule has 0 aromatic heterocycles. The Morgan fingerprint density at radius 1 is 0.939 bits per heavy atom. The topological polar surface area (TPSA) is 50.8 Å². The standard InChI is InChI=1S/C25H23F3N2O3/c1-32-19-12-10-18(11-13-19)30-22-9-4-3-6-16(22)15-21(29-24(31)25(26,27)28)23(30)17-7-5-8-20(14-17)33-2/h3-14,21,23H,15H2,1-2H3,(H,29,31)/t21-,23+/m0/s1. The largest absolute Gasteiger partial charge is 0.497 e. The first kappa shape index (κ1) is 22.5. The minimum absolute atomic E-state index is 0.243. The predicted octanol–water partition coefficient (Wildman–Crippen LogP) is 5.19. The molecule has 3 aromatic rings. The number of hydrogen-bond acceptors (Lipinski definition) is 4. The summed E-state index contributed by atoms with van der Waals surface area (Å²) >= 11 is 0. The number of hydrogen-bond donors (Lipinski definition) is 1. The summed E-state index contributed by atoms with van der Waals surface area (Å²) in [5, 5.41) is 2.24. The lowest BCUT2D eigenvalue weighted by Gasteiger charge is -2.44. The molecule has 0 spiro atoms. The fourth-order valence-corrected chi connectivity index (χ4v) is 4.23. The number of rotatable bonds is 5. The Labute approximate surface area is 189 Å². The molecule has 0 radical (unpaired) electrons. The molecule has 8 heteroatoms. The number of alkyl halides is 3. The molecule has 0 aliphatic carbocycles. The quantitative estimate of drug-likeness (QED) is 0.575. The third kappa shape index (κ3) is 4.60. The molecular formula is C25H23F3N2O3. The van der Waals surface area contributed by atoms with Crippen molar-refractivity contribution in [3.63, 3.8) is 0 Å². The van der Waals surface area contributed by atoms with E-state index in [-0.39, 0.29) is 6.42 Å². The molecule has 33 heavy (non-hydrogen) atoms. The summed E-state index contributed by atoms with van der Waals surface area (Å²) in [6, 6.07) is 20.5. The lowest BCUT2D eigenvalue weighted by Crippen LogP contribution is -2.52. The maximum absolute atomic E-state index is 13.2. The molecule has 1 heterocycles. The van der Waals surface area contributed by atoms with Gasteiger partial charge in [0, 0.05) is 11.4 Å². The Bertz CT molecular complexity index is 1130. The van der Waals surface area contributed by atoms with Gasteiger partial charge in [-0.1, -0.05) is 30.3 Å². The number of carbonyl (C=O) groups excluding carboxylic acids is 1. The fourth-order valence-electron chi connectivity index (χ4n) is 4.23. The molecule has 0 saturated carbocycles. The highest BCUT2D eigenvalue weighted by Gasteiger charge is 2.44. The number of amides is 1. The second-order valence-electron chi connectivity index (χ2n) is 7.70. The van der Waals surface area contributed by atoms with Gasteiger partial charge < -0.3 is 19.7 Å². The second kappa shape index (κ2) is 9.05. The van der Waals surface area contributed by atoms with E-state index in [1.807, 2.05) is 47.4 Å². The van der Waals surface area contributed by atoms with Crippen molar-refractivity contribution in [3.05, 3.63) is 83.9 Å². The highest BCUT2D eigenvalue weighted by atomic mass is 19.4. The molecule has 1 N–H and O–H groups in total. The average Bonchev–Trinajstić information content (AvgIpc) is 2.82. The zero-order chi connectivity index (χ0) is 23.6. The molecule has 2 atom stereocenters. The summed E-state index contributed by atoms with van der Waals surface area (Å²) in [6.45, 7) is 0. The van der Waals surface area contributed by atoms with Crippen LogP contribution in [0.3, 0.4) is 0 Å². The van der Waals surface area contributed by atoms with Crippen molar-refractivity contribution in [2.45, 2.75) is 24.7 Å². The molecule has 1 amide bonds. The van der Waals surface area contributed by atoms with E-state index >= 15 is 0 Å². The number of methoxy groups -OCH3 is 2. The highest BCUT2D eigenvalue weighted by molar-refractivity contribution is 5.83. The van der Waals surface area contributed by atoms with Gasteiger partial charge in [-0.05, 0) is 60.0 Å². The van der Waals surface area contributed by atoms with Gasteiger partial charge >= 0.3 is 12.1 Å². The van der Waals surface area contributed by atoms with E-state index in [1.54, 1.807) is 37.4 Å². The summed E-state index contributed by atoms with van der Waals surface area (Å²) in [7, 11) is 3.09. The summed E-state index contributed by atoms with van der Waals surface area (Å²) in [4.78, 5) is 13.9. The van der Waals surface area contributed by atoms with Gasteiger partial charge in [0.15, 0.2) is 0 Å². The van der Waals surface area contributed by atoms with Crippen LogP contribution in [0.4, 0.5) is 24.5 Å². The van der Waals surface area contributed by atoms with Gasteiger partial charge in [-0.15, -0.1) is 0 Å². The van der Waals surface area contributed by atoms with Crippen molar-refractivity contribution < 1.29 is 27.4 Å². The third-order valence-corrected chi connectivity index (χ3v) is 5.71. The normalized spacial score (nSPS) is 17.8. The van der Waals surface area contributed by atoms with Crippen LogP contribution in [-0.2, 0) is 11.2 Å².